The Kier molecular flexibility index (Phi) is 6.89. The summed E-state index contributed by atoms with van der Waals surface area (Å²) in [5, 5.41) is 0. The van der Waals surface area contributed by atoms with E-state index in [4.69, 9.17) is 3.63 Å². The van der Waals surface area contributed by atoms with Crippen LogP contribution in [0.5, 0.6) is 0 Å². The molecule has 1 fully saturated rings. The third-order valence-electron chi connectivity index (χ3n) is 4.31. The number of unbranched alkanes of at least 4 members (excludes halogenated alkanes) is 2. The third kappa shape index (κ3) is 5.33. The Morgan fingerprint density at radius 3 is 2.33 bits per heavy atom. The molecule has 0 aliphatic carbocycles. The lowest BCUT2D eigenvalue weighted by Crippen LogP contribution is -2.21. The van der Waals surface area contributed by atoms with Crippen molar-refractivity contribution in [3.8, 4) is 0 Å². The molecule has 0 saturated carbocycles. The first-order valence-corrected chi connectivity index (χ1v) is 12.2. The van der Waals surface area contributed by atoms with Crippen LogP contribution in [0.1, 0.15) is 51.0 Å². The predicted molar refractivity (Wildman–Crippen MR) is 100 cm³/mol. The van der Waals surface area contributed by atoms with E-state index in [1.807, 2.05) is 6.92 Å². The molecule has 0 unspecified atom stereocenters. The molecule has 0 N–H and O–H groups in total. The van der Waals surface area contributed by atoms with Gasteiger partial charge in [0.2, 0.25) is 0 Å². The van der Waals surface area contributed by atoms with Gasteiger partial charge in [-0.3, -0.25) is 4.79 Å². The van der Waals surface area contributed by atoms with Crippen LogP contribution in [0.25, 0.3) is 0 Å². The van der Waals surface area contributed by atoms with Gasteiger partial charge in [0.05, 0.1) is 10.6 Å². The molecule has 0 radical (unpaired) electrons. The molecule has 0 amide bonds. The van der Waals surface area contributed by atoms with Crippen LogP contribution in [-0.2, 0) is 18.5 Å². The van der Waals surface area contributed by atoms with Crippen LogP contribution in [0.2, 0.25) is 0 Å². The summed E-state index contributed by atoms with van der Waals surface area (Å²) >= 11 is 0. The second-order valence-corrected chi connectivity index (χ2v) is 11.5. The largest absolute Gasteiger partial charge is 0.306 e. The summed E-state index contributed by atoms with van der Waals surface area (Å²) in [5.41, 5.74) is 1.00. The number of rotatable bonds is 9. The number of carbonyl (C=O) groups is 1. The number of benzene rings is 1. The van der Waals surface area contributed by atoms with E-state index in [2.05, 4.69) is 6.92 Å². The smallest absolute Gasteiger partial charge is 0.299 e. The Hall–Kier alpha value is -0.850. The summed E-state index contributed by atoms with van der Waals surface area (Å²) in [7, 11) is -5.66. The highest BCUT2D eigenvalue weighted by Crippen LogP contribution is 2.56. The fourth-order valence-corrected chi connectivity index (χ4v) is 8.67. The van der Waals surface area contributed by atoms with E-state index in [0.29, 0.717) is 12.2 Å². The first-order valence-electron chi connectivity index (χ1n) is 8.68. The number of hydrogen-bond donors (Lipinski definition) is 0. The van der Waals surface area contributed by atoms with E-state index in [9.17, 15) is 13.2 Å². The molecule has 1 aliphatic rings. The van der Waals surface area contributed by atoms with Crippen molar-refractivity contribution >= 4 is 26.2 Å². The predicted octanol–water partition coefficient (Wildman–Crippen LogP) is 4.36. The number of Topliss-reactive ketones (excluding diaryl/α,β-unsaturated/α-hetero) is 1. The summed E-state index contributed by atoms with van der Waals surface area (Å²) in [5.74, 6) is 1.89. The van der Waals surface area contributed by atoms with Crippen molar-refractivity contribution in [2.45, 2.75) is 57.3 Å². The molecule has 2 rings (SSSR count). The number of carbonyl (C=O) groups excluding carboxylic acids is 1. The van der Waals surface area contributed by atoms with Gasteiger partial charge in [0.15, 0.2) is 0 Å². The molecule has 1 aromatic rings. The Morgan fingerprint density at radius 2 is 1.75 bits per heavy atom. The normalized spacial score (nSPS) is 18.4. The standard InChI is InChI=1S/C18H28O4S2/c1-3-4-5-8-17(19)15-23(13-6-7-14-23)22-24(20,21)18-11-9-16(2)10-12-18/h9-12H,3-8,13-15H2,1-2H3. The SMILES string of the molecule is CCCCCC(=O)CS1(OS(=O)(=O)c2ccc(C)cc2)CCCC1. The fraction of sp³-hybridized carbons (Fsp3) is 0.611. The topological polar surface area (TPSA) is 60.4 Å². The zero-order valence-corrected chi connectivity index (χ0v) is 16.3. The van der Waals surface area contributed by atoms with Crippen LogP contribution < -0.4 is 0 Å². The van der Waals surface area contributed by atoms with E-state index in [0.717, 1.165) is 49.2 Å². The molecule has 0 bridgehead atoms. The quantitative estimate of drug-likeness (QED) is 0.604. The van der Waals surface area contributed by atoms with Crippen molar-refractivity contribution in [3.05, 3.63) is 29.8 Å². The Bertz CT molecular complexity index is 644. The van der Waals surface area contributed by atoms with E-state index < -0.39 is 20.4 Å². The van der Waals surface area contributed by atoms with Crippen molar-refractivity contribution in [3.63, 3.8) is 0 Å². The molecule has 1 aromatic carbocycles. The zero-order valence-electron chi connectivity index (χ0n) is 14.6. The average Bonchev–Trinajstić information content (AvgIpc) is 2.95. The number of hydrogen-bond acceptors (Lipinski definition) is 4. The Balaban J connectivity index is 2.09. The molecule has 1 heterocycles. The molecular formula is C18H28O4S2. The zero-order chi connectivity index (χ0) is 17.6. The lowest BCUT2D eigenvalue weighted by atomic mass is 10.2. The summed E-state index contributed by atoms with van der Waals surface area (Å²) in [6.07, 6.45) is 5.42. The first kappa shape index (κ1) is 19.5. The maximum absolute atomic E-state index is 12.6. The van der Waals surface area contributed by atoms with Gasteiger partial charge >= 0.3 is 10.1 Å². The number of ketones is 1. The van der Waals surface area contributed by atoms with Gasteiger partial charge in [-0.25, -0.2) is 3.63 Å². The molecule has 24 heavy (non-hydrogen) atoms. The molecule has 1 saturated heterocycles. The Morgan fingerprint density at radius 1 is 1.12 bits per heavy atom. The van der Waals surface area contributed by atoms with Crippen molar-refractivity contribution in [2.24, 2.45) is 0 Å². The fourth-order valence-electron chi connectivity index (χ4n) is 2.94. The maximum Gasteiger partial charge on any atom is 0.306 e. The Labute approximate surface area is 147 Å². The lowest BCUT2D eigenvalue weighted by Gasteiger charge is -2.33. The number of aryl methyl sites for hydroxylation is 1. The second kappa shape index (κ2) is 8.50. The van der Waals surface area contributed by atoms with Gasteiger partial charge in [0.25, 0.3) is 0 Å². The van der Waals surface area contributed by atoms with Gasteiger partial charge in [-0.05, 0) is 38.3 Å². The van der Waals surface area contributed by atoms with Gasteiger partial charge in [-0.15, -0.1) is 10.3 Å². The molecule has 136 valence electrons. The van der Waals surface area contributed by atoms with Gasteiger partial charge in [-0.1, -0.05) is 37.5 Å². The van der Waals surface area contributed by atoms with Crippen LogP contribution in [-0.4, -0.2) is 31.5 Å². The minimum atomic E-state index is -3.80. The van der Waals surface area contributed by atoms with E-state index >= 15 is 0 Å². The highest BCUT2D eigenvalue weighted by atomic mass is 32.3. The van der Waals surface area contributed by atoms with Crippen LogP contribution in [0, 0.1) is 6.92 Å². The van der Waals surface area contributed by atoms with Crippen molar-refractivity contribution in [1.82, 2.24) is 0 Å². The van der Waals surface area contributed by atoms with Crippen molar-refractivity contribution in [2.75, 3.05) is 17.3 Å². The van der Waals surface area contributed by atoms with Crippen molar-refractivity contribution in [1.29, 1.82) is 0 Å². The van der Waals surface area contributed by atoms with Crippen molar-refractivity contribution < 1.29 is 16.8 Å². The monoisotopic (exact) mass is 372 g/mol. The first-order chi connectivity index (χ1) is 11.4. The van der Waals surface area contributed by atoms with Gasteiger partial charge in [0, 0.05) is 17.9 Å². The summed E-state index contributed by atoms with van der Waals surface area (Å²) in [4.78, 5) is 12.5. The summed E-state index contributed by atoms with van der Waals surface area (Å²) in [6, 6.07) is 6.69. The van der Waals surface area contributed by atoms with E-state index in [1.54, 1.807) is 24.3 Å². The maximum atomic E-state index is 12.6. The van der Waals surface area contributed by atoms with Crippen LogP contribution in [0.15, 0.2) is 29.2 Å². The minimum Gasteiger partial charge on any atom is -0.299 e. The summed E-state index contributed by atoms with van der Waals surface area (Å²) in [6.45, 7) is 4.02. The molecule has 1 aliphatic heterocycles. The van der Waals surface area contributed by atoms with Gasteiger partial charge in [-0.2, -0.15) is 8.42 Å². The minimum absolute atomic E-state index is 0.152. The molecule has 0 spiro atoms. The van der Waals surface area contributed by atoms with Crippen LogP contribution in [0.3, 0.4) is 0 Å². The van der Waals surface area contributed by atoms with Gasteiger partial charge < -0.3 is 0 Å². The molecule has 0 aromatic heterocycles. The average molecular weight is 373 g/mol. The highest BCUT2D eigenvalue weighted by Gasteiger charge is 2.37. The molecule has 0 atom stereocenters. The highest BCUT2D eigenvalue weighted by molar-refractivity contribution is 8.33. The molecule has 4 nitrogen and oxygen atoms in total. The van der Waals surface area contributed by atoms with Gasteiger partial charge in [0.1, 0.15) is 5.78 Å². The van der Waals surface area contributed by atoms with Crippen LogP contribution in [0.4, 0.5) is 0 Å². The van der Waals surface area contributed by atoms with E-state index in [1.165, 1.54) is 0 Å². The second-order valence-electron chi connectivity index (χ2n) is 6.56. The third-order valence-corrected chi connectivity index (χ3v) is 9.94. The summed E-state index contributed by atoms with van der Waals surface area (Å²) < 4.78 is 31.0. The molecule has 6 heteroatoms. The van der Waals surface area contributed by atoms with E-state index in [-0.39, 0.29) is 10.7 Å². The lowest BCUT2D eigenvalue weighted by molar-refractivity contribution is -0.116. The van der Waals surface area contributed by atoms with Crippen LogP contribution >= 0.6 is 10.3 Å². The molecular weight excluding hydrogens is 344 g/mol.